The number of rotatable bonds is 6. The van der Waals surface area contributed by atoms with Crippen molar-refractivity contribution in [2.75, 3.05) is 28.7 Å². The second-order valence-corrected chi connectivity index (χ2v) is 6.68. The maximum Gasteiger partial charge on any atom is 0.414 e. The van der Waals surface area contributed by atoms with E-state index in [1.165, 1.54) is 11.0 Å². The number of carbonyl (C=O) groups excluding carboxylic acids is 2. The molecule has 1 heterocycles. The number of nitro groups is 1. The molecule has 4 rings (SSSR count). The van der Waals surface area contributed by atoms with Gasteiger partial charge in [0.05, 0.1) is 11.5 Å². The van der Waals surface area contributed by atoms with Crippen molar-refractivity contribution in [3.05, 3.63) is 58.1 Å². The molecule has 0 bridgehead atoms. The Labute approximate surface area is 160 Å². The highest BCUT2D eigenvalue weighted by Gasteiger charge is 2.26. The first-order valence-electron chi connectivity index (χ1n) is 8.92. The molecule has 1 aliphatic carbocycles. The molecule has 0 aromatic heterocycles. The molecule has 9 nitrogen and oxygen atoms in total. The Hall–Kier alpha value is -3.62. The Kier molecular flexibility index (Phi) is 4.56. The predicted molar refractivity (Wildman–Crippen MR) is 103 cm³/mol. The maximum atomic E-state index is 12.6. The lowest BCUT2D eigenvalue weighted by Crippen LogP contribution is -2.23. The Morgan fingerprint density at radius 2 is 2.04 bits per heavy atom. The van der Waals surface area contributed by atoms with Gasteiger partial charge in [0.1, 0.15) is 12.3 Å². The lowest BCUT2D eigenvalue weighted by molar-refractivity contribution is -0.384. The predicted octanol–water partition coefficient (Wildman–Crippen LogP) is 3.38. The molecule has 1 aliphatic heterocycles. The summed E-state index contributed by atoms with van der Waals surface area (Å²) in [6.07, 6.45) is 1.54. The summed E-state index contributed by atoms with van der Waals surface area (Å²) in [6, 6.07) is 11.4. The van der Waals surface area contributed by atoms with Crippen molar-refractivity contribution in [1.29, 1.82) is 0 Å². The molecule has 28 heavy (non-hydrogen) atoms. The second kappa shape index (κ2) is 7.18. The fourth-order valence-electron chi connectivity index (χ4n) is 2.98. The summed E-state index contributed by atoms with van der Waals surface area (Å²) in [5.74, 6) is -0.470. The first-order chi connectivity index (χ1) is 13.5. The molecular weight excluding hydrogens is 364 g/mol. The van der Waals surface area contributed by atoms with Crippen molar-refractivity contribution in [3.8, 4) is 0 Å². The third-order valence-corrected chi connectivity index (χ3v) is 4.57. The van der Waals surface area contributed by atoms with Crippen molar-refractivity contribution >= 4 is 34.7 Å². The van der Waals surface area contributed by atoms with Crippen LogP contribution < -0.4 is 15.5 Å². The van der Waals surface area contributed by atoms with Gasteiger partial charge >= 0.3 is 6.09 Å². The normalized spacial score (nSPS) is 15.9. The number of nitrogens with zero attached hydrogens (tertiary/aromatic N) is 2. The van der Waals surface area contributed by atoms with E-state index in [2.05, 4.69) is 10.6 Å². The van der Waals surface area contributed by atoms with Gasteiger partial charge in [-0.25, -0.2) is 4.79 Å². The zero-order chi connectivity index (χ0) is 19.7. The van der Waals surface area contributed by atoms with Gasteiger partial charge in [0.25, 0.3) is 11.6 Å². The zero-order valence-corrected chi connectivity index (χ0v) is 14.9. The van der Waals surface area contributed by atoms with E-state index in [-0.39, 0.29) is 17.3 Å². The quantitative estimate of drug-likeness (QED) is 0.585. The molecular formula is C19H18N4O5. The Bertz CT molecular complexity index is 957. The molecule has 0 atom stereocenters. The number of amides is 2. The minimum atomic E-state index is -0.499. The average molecular weight is 382 g/mol. The van der Waals surface area contributed by atoms with Crippen molar-refractivity contribution < 1.29 is 19.2 Å². The van der Waals surface area contributed by atoms with Gasteiger partial charge in [-0.05, 0) is 43.2 Å². The summed E-state index contributed by atoms with van der Waals surface area (Å²) in [5.41, 5.74) is 1.55. The summed E-state index contributed by atoms with van der Waals surface area (Å²) in [6.45, 7) is 0.762. The van der Waals surface area contributed by atoms with Gasteiger partial charge in [0.15, 0.2) is 0 Å². The molecule has 2 amide bonds. The van der Waals surface area contributed by atoms with Crippen LogP contribution in [0.2, 0.25) is 0 Å². The van der Waals surface area contributed by atoms with Crippen LogP contribution in [0.3, 0.4) is 0 Å². The molecule has 2 aromatic rings. The van der Waals surface area contributed by atoms with E-state index in [9.17, 15) is 19.7 Å². The monoisotopic (exact) mass is 382 g/mol. The zero-order valence-electron chi connectivity index (χ0n) is 14.9. The number of ether oxygens (including phenoxy) is 1. The number of nitro benzene ring substituents is 1. The van der Waals surface area contributed by atoms with E-state index in [1.54, 1.807) is 36.4 Å². The highest BCUT2D eigenvalue weighted by molar-refractivity contribution is 6.05. The maximum absolute atomic E-state index is 12.6. The van der Waals surface area contributed by atoms with E-state index in [4.69, 9.17) is 4.74 Å². The largest absolute Gasteiger partial charge is 0.447 e. The highest BCUT2D eigenvalue weighted by atomic mass is 16.6. The Morgan fingerprint density at radius 3 is 2.71 bits per heavy atom. The number of hydrogen-bond acceptors (Lipinski definition) is 6. The van der Waals surface area contributed by atoms with Gasteiger partial charge < -0.3 is 15.4 Å². The van der Waals surface area contributed by atoms with Crippen LogP contribution in [0.25, 0.3) is 0 Å². The van der Waals surface area contributed by atoms with Gasteiger partial charge in [-0.2, -0.15) is 0 Å². The SMILES string of the molecule is O=C(Nc1cccc(N2CCOC2=O)c1)c1ccc(NC2CC2)c([N+](=O)[O-])c1. The molecule has 1 saturated heterocycles. The van der Waals surface area contributed by atoms with Crippen LogP contribution in [0.1, 0.15) is 23.2 Å². The topological polar surface area (TPSA) is 114 Å². The molecule has 0 radical (unpaired) electrons. The molecule has 2 fully saturated rings. The molecule has 144 valence electrons. The lowest BCUT2D eigenvalue weighted by atomic mass is 10.1. The summed E-state index contributed by atoms with van der Waals surface area (Å²) in [4.78, 5) is 36.6. The fraction of sp³-hybridized carbons (Fsp3) is 0.263. The molecule has 2 aromatic carbocycles. The minimum Gasteiger partial charge on any atom is -0.447 e. The van der Waals surface area contributed by atoms with Crippen LogP contribution in [0, 0.1) is 10.1 Å². The van der Waals surface area contributed by atoms with E-state index < -0.39 is 16.9 Å². The second-order valence-electron chi connectivity index (χ2n) is 6.68. The lowest BCUT2D eigenvalue weighted by Gasteiger charge is -2.14. The summed E-state index contributed by atoms with van der Waals surface area (Å²) >= 11 is 0. The van der Waals surface area contributed by atoms with Gasteiger partial charge in [-0.15, -0.1) is 0 Å². The van der Waals surface area contributed by atoms with E-state index >= 15 is 0 Å². The van der Waals surface area contributed by atoms with Gasteiger partial charge in [0, 0.05) is 29.0 Å². The standard InChI is InChI=1S/C19H18N4O5/c24-18(12-4-7-16(20-13-5-6-13)17(10-12)23(26)27)21-14-2-1-3-15(11-14)22-8-9-28-19(22)25/h1-4,7,10-11,13,20H,5-6,8-9H2,(H,21,24). The average Bonchev–Trinajstić information content (AvgIpc) is 3.39. The molecule has 0 spiro atoms. The van der Waals surface area contributed by atoms with Crippen LogP contribution in [-0.2, 0) is 4.74 Å². The van der Waals surface area contributed by atoms with Crippen molar-refractivity contribution in [2.24, 2.45) is 0 Å². The summed E-state index contributed by atoms with van der Waals surface area (Å²) in [7, 11) is 0. The van der Waals surface area contributed by atoms with Crippen molar-refractivity contribution in [2.45, 2.75) is 18.9 Å². The van der Waals surface area contributed by atoms with Gasteiger partial charge in [-0.1, -0.05) is 6.07 Å². The molecule has 2 N–H and O–H groups in total. The number of hydrogen-bond donors (Lipinski definition) is 2. The van der Waals surface area contributed by atoms with Crippen LogP contribution in [0.15, 0.2) is 42.5 Å². The van der Waals surface area contributed by atoms with Crippen LogP contribution in [0.4, 0.5) is 27.5 Å². The van der Waals surface area contributed by atoms with E-state index in [0.717, 1.165) is 12.8 Å². The summed E-state index contributed by atoms with van der Waals surface area (Å²) < 4.78 is 4.92. The third-order valence-electron chi connectivity index (χ3n) is 4.57. The molecule has 0 unspecified atom stereocenters. The molecule has 9 heteroatoms. The smallest absolute Gasteiger partial charge is 0.414 e. The molecule has 2 aliphatic rings. The van der Waals surface area contributed by atoms with Crippen LogP contribution in [0.5, 0.6) is 0 Å². The first kappa shape index (κ1) is 17.8. The van der Waals surface area contributed by atoms with Crippen LogP contribution >= 0.6 is 0 Å². The Morgan fingerprint density at radius 1 is 1.21 bits per heavy atom. The van der Waals surface area contributed by atoms with E-state index in [1.807, 2.05) is 0 Å². The van der Waals surface area contributed by atoms with Crippen molar-refractivity contribution in [3.63, 3.8) is 0 Å². The van der Waals surface area contributed by atoms with Crippen LogP contribution in [-0.4, -0.2) is 36.1 Å². The minimum absolute atomic E-state index is 0.131. The number of cyclic esters (lactones) is 1. The third kappa shape index (κ3) is 3.73. The number of nitrogens with one attached hydrogen (secondary N) is 2. The fourth-order valence-corrected chi connectivity index (χ4v) is 2.98. The van der Waals surface area contributed by atoms with Crippen molar-refractivity contribution in [1.82, 2.24) is 0 Å². The molecule has 1 saturated carbocycles. The number of carbonyl (C=O) groups is 2. The first-order valence-corrected chi connectivity index (χ1v) is 8.92. The summed E-state index contributed by atoms with van der Waals surface area (Å²) in [5, 5.41) is 17.2. The van der Waals surface area contributed by atoms with Gasteiger partial charge in [-0.3, -0.25) is 19.8 Å². The highest BCUT2D eigenvalue weighted by Crippen LogP contribution is 2.32. The van der Waals surface area contributed by atoms with E-state index in [0.29, 0.717) is 30.2 Å². The Balaban J connectivity index is 1.52. The number of benzene rings is 2. The van der Waals surface area contributed by atoms with Gasteiger partial charge in [0.2, 0.25) is 0 Å². The number of anilines is 3.